The normalized spacial score (nSPS) is 14.2. The Kier molecular flexibility index (Phi) is 5.34. The Bertz CT molecular complexity index is 1140. The van der Waals surface area contributed by atoms with Gasteiger partial charge >= 0.3 is 12.0 Å². The van der Waals surface area contributed by atoms with Crippen LogP contribution in [0.5, 0.6) is 0 Å². The number of urea groups is 1. The Morgan fingerprint density at radius 1 is 1.28 bits per heavy atom. The van der Waals surface area contributed by atoms with Crippen molar-refractivity contribution in [2.45, 2.75) is 25.5 Å². The highest BCUT2D eigenvalue weighted by molar-refractivity contribution is 7.99. The maximum absolute atomic E-state index is 12.2. The van der Waals surface area contributed by atoms with Gasteiger partial charge in [0.2, 0.25) is 5.16 Å². The molecule has 0 unspecified atom stereocenters. The molecule has 0 fully saturated rings. The zero-order chi connectivity index (χ0) is 20.4. The molecule has 0 bridgehead atoms. The van der Waals surface area contributed by atoms with Crippen LogP contribution in [0, 0.1) is 0 Å². The Morgan fingerprint density at radius 3 is 2.90 bits per heavy atom. The second kappa shape index (κ2) is 8.08. The number of nitrogens with one attached hydrogen (secondary N) is 2. The molecule has 4 rings (SSSR count). The summed E-state index contributed by atoms with van der Waals surface area (Å²) in [6.07, 6.45) is 0. The van der Waals surface area contributed by atoms with Gasteiger partial charge in [-0.2, -0.15) is 0 Å². The number of amides is 2. The Labute approximate surface area is 170 Å². The molecule has 0 atom stereocenters. The van der Waals surface area contributed by atoms with Gasteiger partial charge in [-0.15, -0.1) is 10.2 Å². The zero-order valence-corrected chi connectivity index (χ0v) is 16.9. The molecule has 3 heterocycles. The molecule has 0 radical (unpaired) electrons. The van der Waals surface area contributed by atoms with E-state index in [1.54, 1.807) is 6.92 Å². The van der Waals surface area contributed by atoms with Crippen molar-refractivity contribution in [3.63, 3.8) is 0 Å². The van der Waals surface area contributed by atoms with Crippen LogP contribution in [0.2, 0.25) is 0 Å². The smallest absolute Gasteiger partial charge is 0.337 e. The number of carbonyl (C=O) groups is 2. The van der Waals surface area contributed by atoms with Crippen LogP contribution in [0.1, 0.15) is 13.8 Å². The molecule has 10 heteroatoms. The standard InChI is InChI=1S/C19H20N6O3S/c1-3-25-14-8-6-5-7-11(14)15-16(25)22-19(24-23-15)29-10-13-12(17(26)28-4-2)9-20-18(27)21-13/h5-8H,3-4,9-10H2,1-2H3,(H2,20,21,27). The van der Waals surface area contributed by atoms with E-state index in [0.717, 1.165) is 28.6 Å². The number of carbonyl (C=O) groups excluding carboxylic acids is 2. The van der Waals surface area contributed by atoms with Crippen molar-refractivity contribution in [1.82, 2.24) is 30.4 Å². The fraction of sp³-hybridized carbons (Fsp3) is 0.316. The minimum absolute atomic E-state index is 0.128. The van der Waals surface area contributed by atoms with E-state index >= 15 is 0 Å². The number of ether oxygens (including phenoxy) is 1. The van der Waals surface area contributed by atoms with Crippen molar-refractivity contribution in [3.05, 3.63) is 35.5 Å². The van der Waals surface area contributed by atoms with Crippen molar-refractivity contribution in [3.8, 4) is 0 Å². The van der Waals surface area contributed by atoms with E-state index in [1.807, 2.05) is 24.3 Å². The van der Waals surface area contributed by atoms with Gasteiger partial charge in [0.05, 0.1) is 24.2 Å². The van der Waals surface area contributed by atoms with Gasteiger partial charge in [0.1, 0.15) is 5.52 Å². The van der Waals surface area contributed by atoms with Crippen LogP contribution in [0.25, 0.3) is 22.1 Å². The van der Waals surface area contributed by atoms with Crippen molar-refractivity contribution in [1.29, 1.82) is 0 Å². The second-order valence-electron chi connectivity index (χ2n) is 6.30. The third-order valence-electron chi connectivity index (χ3n) is 4.59. The van der Waals surface area contributed by atoms with Crippen LogP contribution in [0.4, 0.5) is 4.79 Å². The van der Waals surface area contributed by atoms with E-state index in [0.29, 0.717) is 22.2 Å². The minimum Gasteiger partial charge on any atom is -0.463 e. The third kappa shape index (κ3) is 3.63. The SMILES string of the molecule is CCOC(=O)C1=C(CSc2nnc3c4ccccc4n(CC)c3n2)NC(=O)NC1. The Hall–Kier alpha value is -3.14. The van der Waals surface area contributed by atoms with Gasteiger partial charge in [-0.05, 0) is 19.9 Å². The largest absolute Gasteiger partial charge is 0.463 e. The van der Waals surface area contributed by atoms with Gasteiger partial charge in [0, 0.05) is 23.4 Å². The van der Waals surface area contributed by atoms with E-state index in [1.165, 1.54) is 11.8 Å². The number of aryl methyl sites for hydroxylation is 1. The molecular formula is C19H20N6O3S. The van der Waals surface area contributed by atoms with E-state index in [-0.39, 0.29) is 19.2 Å². The molecule has 2 aromatic heterocycles. The predicted molar refractivity (Wildman–Crippen MR) is 109 cm³/mol. The van der Waals surface area contributed by atoms with E-state index < -0.39 is 5.97 Å². The van der Waals surface area contributed by atoms with Crippen molar-refractivity contribution in [2.24, 2.45) is 0 Å². The monoisotopic (exact) mass is 412 g/mol. The van der Waals surface area contributed by atoms with Crippen LogP contribution in [-0.2, 0) is 16.1 Å². The molecule has 1 aliphatic rings. The maximum Gasteiger partial charge on any atom is 0.337 e. The molecule has 0 spiro atoms. The first-order chi connectivity index (χ1) is 14.1. The van der Waals surface area contributed by atoms with Crippen molar-refractivity contribution in [2.75, 3.05) is 18.9 Å². The molecule has 0 aliphatic carbocycles. The molecular weight excluding hydrogens is 392 g/mol. The molecule has 2 amide bonds. The van der Waals surface area contributed by atoms with Crippen molar-refractivity contribution < 1.29 is 14.3 Å². The van der Waals surface area contributed by atoms with Gasteiger partial charge in [0.25, 0.3) is 0 Å². The molecule has 1 aromatic carbocycles. The first-order valence-electron chi connectivity index (χ1n) is 9.30. The topological polar surface area (TPSA) is 111 Å². The summed E-state index contributed by atoms with van der Waals surface area (Å²) in [6.45, 7) is 4.95. The van der Waals surface area contributed by atoms with E-state index in [9.17, 15) is 9.59 Å². The number of esters is 1. The first-order valence-corrected chi connectivity index (χ1v) is 10.3. The zero-order valence-electron chi connectivity index (χ0n) is 16.1. The summed E-state index contributed by atoms with van der Waals surface area (Å²) in [7, 11) is 0. The van der Waals surface area contributed by atoms with Crippen LogP contribution in [0.15, 0.2) is 40.7 Å². The van der Waals surface area contributed by atoms with Crippen LogP contribution >= 0.6 is 11.8 Å². The Balaban J connectivity index is 1.64. The molecule has 2 N–H and O–H groups in total. The highest BCUT2D eigenvalue weighted by atomic mass is 32.2. The summed E-state index contributed by atoms with van der Waals surface area (Å²) in [6, 6.07) is 7.65. The third-order valence-corrected chi connectivity index (χ3v) is 5.46. The summed E-state index contributed by atoms with van der Waals surface area (Å²) < 4.78 is 7.17. The number of hydrogen-bond donors (Lipinski definition) is 2. The van der Waals surface area contributed by atoms with E-state index in [2.05, 4.69) is 37.3 Å². The van der Waals surface area contributed by atoms with Gasteiger partial charge in [-0.3, -0.25) is 0 Å². The molecule has 29 heavy (non-hydrogen) atoms. The highest BCUT2D eigenvalue weighted by Crippen LogP contribution is 2.27. The summed E-state index contributed by atoms with van der Waals surface area (Å²) in [5, 5.41) is 15.4. The molecule has 0 saturated carbocycles. The number of aromatic nitrogens is 4. The number of benzene rings is 1. The quantitative estimate of drug-likeness (QED) is 0.472. The molecule has 1 aliphatic heterocycles. The van der Waals surface area contributed by atoms with Crippen LogP contribution < -0.4 is 10.6 Å². The fourth-order valence-corrected chi connectivity index (χ4v) is 4.05. The predicted octanol–water partition coefficient (Wildman–Crippen LogP) is 2.22. The number of rotatable bonds is 6. The van der Waals surface area contributed by atoms with E-state index in [4.69, 9.17) is 4.74 Å². The lowest BCUT2D eigenvalue weighted by molar-refractivity contribution is -0.138. The Morgan fingerprint density at radius 2 is 2.10 bits per heavy atom. The van der Waals surface area contributed by atoms with Crippen LogP contribution in [-0.4, -0.2) is 50.7 Å². The second-order valence-corrected chi connectivity index (χ2v) is 7.24. The lowest BCUT2D eigenvalue weighted by Gasteiger charge is -2.20. The van der Waals surface area contributed by atoms with Gasteiger partial charge in [0.15, 0.2) is 5.65 Å². The highest BCUT2D eigenvalue weighted by Gasteiger charge is 2.24. The van der Waals surface area contributed by atoms with Gasteiger partial charge in [-0.25, -0.2) is 14.6 Å². The fourth-order valence-electron chi connectivity index (χ4n) is 3.28. The summed E-state index contributed by atoms with van der Waals surface area (Å²) >= 11 is 1.31. The average molecular weight is 412 g/mol. The molecule has 9 nitrogen and oxygen atoms in total. The van der Waals surface area contributed by atoms with Crippen LogP contribution in [0.3, 0.4) is 0 Å². The summed E-state index contributed by atoms with van der Waals surface area (Å²) in [5.41, 5.74) is 3.48. The lowest BCUT2D eigenvalue weighted by Crippen LogP contribution is -2.44. The number of hydrogen-bond acceptors (Lipinski definition) is 7. The van der Waals surface area contributed by atoms with Gasteiger partial charge < -0.3 is 19.9 Å². The molecule has 3 aromatic rings. The summed E-state index contributed by atoms with van der Waals surface area (Å²) in [5.74, 6) is -0.127. The lowest BCUT2D eigenvalue weighted by atomic mass is 10.2. The van der Waals surface area contributed by atoms with Crippen molar-refractivity contribution >= 4 is 45.8 Å². The number of para-hydroxylation sites is 1. The number of nitrogens with zero attached hydrogens (tertiary/aromatic N) is 4. The average Bonchev–Trinajstić information content (AvgIpc) is 3.05. The number of thioether (sulfide) groups is 1. The molecule has 150 valence electrons. The summed E-state index contributed by atoms with van der Waals surface area (Å²) in [4.78, 5) is 28.5. The maximum atomic E-state index is 12.2. The first kappa shape index (κ1) is 19.2. The number of fused-ring (bicyclic) bond motifs is 3. The molecule has 0 saturated heterocycles. The minimum atomic E-state index is -0.448. The van der Waals surface area contributed by atoms with Gasteiger partial charge in [-0.1, -0.05) is 30.0 Å².